The summed E-state index contributed by atoms with van der Waals surface area (Å²) in [7, 11) is 1.81. The van der Waals surface area contributed by atoms with Crippen LogP contribution < -0.4 is 10.2 Å². The van der Waals surface area contributed by atoms with Crippen LogP contribution in [0.5, 0.6) is 0 Å². The molecule has 1 fully saturated rings. The molecule has 3 rings (SSSR count). The van der Waals surface area contributed by atoms with Crippen LogP contribution in [0.2, 0.25) is 0 Å². The highest BCUT2D eigenvalue weighted by atomic mass is 16.3. The molecule has 1 heterocycles. The minimum absolute atomic E-state index is 0.163. The molecular formula is C15H20N2O2. The van der Waals surface area contributed by atoms with E-state index in [4.69, 9.17) is 0 Å². The lowest BCUT2D eigenvalue weighted by Crippen LogP contribution is -2.31. The molecule has 0 radical (unpaired) electrons. The minimum Gasteiger partial charge on any atom is -0.387 e. The van der Waals surface area contributed by atoms with Crippen LogP contribution in [-0.4, -0.2) is 30.6 Å². The maximum Gasteiger partial charge on any atom is 0.227 e. The number of aliphatic hydroxyl groups is 1. The molecule has 1 aliphatic carbocycles. The highest BCUT2D eigenvalue weighted by molar-refractivity contribution is 5.95. The molecule has 0 aromatic heterocycles. The number of aliphatic hydroxyl groups excluding tert-OH is 1. The highest BCUT2D eigenvalue weighted by Gasteiger charge is 2.24. The predicted molar refractivity (Wildman–Crippen MR) is 74.2 cm³/mol. The van der Waals surface area contributed by atoms with Gasteiger partial charge in [0, 0.05) is 31.7 Å². The fourth-order valence-electron chi connectivity index (χ4n) is 2.57. The van der Waals surface area contributed by atoms with Gasteiger partial charge in [-0.2, -0.15) is 0 Å². The molecule has 102 valence electrons. The van der Waals surface area contributed by atoms with Crippen molar-refractivity contribution in [3.05, 3.63) is 29.3 Å². The molecule has 1 amide bonds. The van der Waals surface area contributed by atoms with Gasteiger partial charge in [-0.25, -0.2) is 0 Å². The Hall–Kier alpha value is -1.39. The largest absolute Gasteiger partial charge is 0.387 e. The van der Waals surface area contributed by atoms with Crippen molar-refractivity contribution in [1.82, 2.24) is 5.32 Å². The molecule has 2 aliphatic rings. The Balaban J connectivity index is 1.74. The first-order valence-corrected chi connectivity index (χ1v) is 6.96. The molecule has 1 atom stereocenters. The number of carbonyl (C=O) groups excluding carboxylic acids is 1. The molecule has 0 bridgehead atoms. The van der Waals surface area contributed by atoms with Crippen molar-refractivity contribution in [2.45, 2.75) is 37.8 Å². The average Bonchev–Trinajstić information content (AvgIpc) is 3.24. The van der Waals surface area contributed by atoms with Gasteiger partial charge in [0.1, 0.15) is 0 Å². The Bertz CT molecular complexity index is 497. The van der Waals surface area contributed by atoms with Crippen LogP contribution in [0, 0.1) is 0 Å². The van der Waals surface area contributed by atoms with E-state index < -0.39 is 6.10 Å². The molecule has 0 spiro atoms. The predicted octanol–water partition coefficient (Wildman–Crippen LogP) is 1.38. The van der Waals surface area contributed by atoms with E-state index in [1.165, 1.54) is 12.8 Å². The molecule has 1 aromatic carbocycles. The van der Waals surface area contributed by atoms with Gasteiger partial charge in [0.2, 0.25) is 5.91 Å². The summed E-state index contributed by atoms with van der Waals surface area (Å²) >= 11 is 0. The maximum atomic E-state index is 11.6. The van der Waals surface area contributed by atoms with Gasteiger partial charge in [0.05, 0.1) is 6.10 Å². The van der Waals surface area contributed by atoms with Gasteiger partial charge in [-0.05, 0) is 36.5 Å². The number of aryl methyl sites for hydroxylation is 1. The van der Waals surface area contributed by atoms with E-state index >= 15 is 0 Å². The summed E-state index contributed by atoms with van der Waals surface area (Å²) in [6, 6.07) is 6.52. The highest BCUT2D eigenvalue weighted by Crippen LogP contribution is 2.29. The summed E-state index contributed by atoms with van der Waals surface area (Å²) in [6.45, 7) is 0.609. The first-order chi connectivity index (χ1) is 9.15. The summed E-state index contributed by atoms with van der Waals surface area (Å²) in [6.07, 6.45) is 3.32. The topological polar surface area (TPSA) is 52.6 Å². The van der Waals surface area contributed by atoms with Crippen LogP contribution in [0.1, 0.15) is 36.5 Å². The number of amides is 1. The van der Waals surface area contributed by atoms with Crippen molar-refractivity contribution in [3.8, 4) is 0 Å². The zero-order valence-electron chi connectivity index (χ0n) is 11.2. The maximum absolute atomic E-state index is 11.6. The first kappa shape index (κ1) is 12.6. The molecule has 4 heteroatoms. The normalized spacial score (nSPS) is 20.3. The molecule has 0 saturated heterocycles. The Labute approximate surface area is 113 Å². The molecule has 1 aliphatic heterocycles. The number of anilines is 1. The van der Waals surface area contributed by atoms with Crippen molar-refractivity contribution in [2.75, 3.05) is 18.5 Å². The van der Waals surface area contributed by atoms with Crippen molar-refractivity contribution in [3.63, 3.8) is 0 Å². The second-order valence-corrected chi connectivity index (χ2v) is 5.54. The lowest BCUT2D eigenvalue weighted by atomic mass is 9.97. The SMILES string of the molecule is CN1C(=O)CCc2cc(C(O)CNC3CC3)ccc21. The van der Waals surface area contributed by atoms with Crippen LogP contribution >= 0.6 is 0 Å². The second-order valence-electron chi connectivity index (χ2n) is 5.54. The van der Waals surface area contributed by atoms with Gasteiger partial charge in [0.25, 0.3) is 0 Å². The molecule has 1 unspecified atom stereocenters. The smallest absolute Gasteiger partial charge is 0.227 e. The monoisotopic (exact) mass is 260 g/mol. The Morgan fingerprint density at radius 2 is 2.21 bits per heavy atom. The summed E-state index contributed by atoms with van der Waals surface area (Å²) in [5, 5.41) is 13.5. The van der Waals surface area contributed by atoms with E-state index in [-0.39, 0.29) is 5.91 Å². The van der Waals surface area contributed by atoms with Crippen molar-refractivity contribution < 1.29 is 9.90 Å². The van der Waals surface area contributed by atoms with Crippen molar-refractivity contribution >= 4 is 11.6 Å². The van der Waals surface area contributed by atoms with Crippen molar-refractivity contribution in [2.24, 2.45) is 0 Å². The summed E-state index contributed by atoms with van der Waals surface area (Å²) in [5.74, 6) is 0.163. The third kappa shape index (κ3) is 2.65. The van der Waals surface area contributed by atoms with Gasteiger partial charge in [-0.3, -0.25) is 4.79 Å². The Morgan fingerprint density at radius 3 is 2.95 bits per heavy atom. The van der Waals surface area contributed by atoms with Gasteiger partial charge in [-0.1, -0.05) is 12.1 Å². The first-order valence-electron chi connectivity index (χ1n) is 6.96. The van der Waals surface area contributed by atoms with E-state index in [1.54, 1.807) is 4.90 Å². The molecule has 1 aromatic rings. The number of rotatable bonds is 4. The summed E-state index contributed by atoms with van der Waals surface area (Å²) in [5.41, 5.74) is 3.07. The number of hydrogen-bond donors (Lipinski definition) is 2. The summed E-state index contributed by atoms with van der Waals surface area (Å²) < 4.78 is 0. The number of fused-ring (bicyclic) bond motifs is 1. The number of nitrogens with zero attached hydrogens (tertiary/aromatic N) is 1. The Morgan fingerprint density at radius 1 is 1.42 bits per heavy atom. The quantitative estimate of drug-likeness (QED) is 0.860. The van der Waals surface area contributed by atoms with E-state index in [9.17, 15) is 9.90 Å². The van der Waals surface area contributed by atoms with Gasteiger partial charge in [-0.15, -0.1) is 0 Å². The number of hydrogen-bond acceptors (Lipinski definition) is 3. The summed E-state index contributed by atoms with van der Waals surface area (Å²) in [4.78, 5) is 13.3. The van der Waals surface area contributed by atoms with Crippen LogP contribution in [0.25, 0.3) is 0 Å². The zero-order valence-corrected chi connectivity index (χ0v) is 11.2. The van der Waals surface area contributed by atoms with Gasteiger partial charge < -0.3 is 15.3 Å². The third-order valence-electron chi connectivity index (χ3n) is 4.01. The fourth-order valence-corrected chi connectivity index (χ4v) is 2.57. The standard InChI is InChI=1S/C15H20N2O2/c1-17-13-6-2-11(8-10(13)3-7-15(17)19)14(18)9-16-12-4-5-12/h2,6,8,12,14,16,18H,3-5,7,9H2,1H3. The number of benzene rings is 1. The van der Waals surface area contributed by atoms with E-state index in [1.807, 2.05) is 25.2 Å². The van der Waals surface area contributed by atoms with Crippen LogP contribution in [0.3, 0.4) is 0 Å². The molecule has 2 N–H and O–H groups in total. The van der Waals surface area contributed by atoms with Gasteiger partial charge in [0.15, 0.2) is 0 Å². The van der Waals surface area contributed by atoms with Crippen LogP contribution in [-0.2, 0) is 11.2 Å². The van der Waals surface area contributed by atoms with Crippen molar-refractivity contribution in [1.29, 1.82) is 0 Å². The van der Waals surface area contributed by atoms with E-state index in [2.05, 4.69) is 5.32 Å². The van der Waals surface area contributed by atoms with Gasteiger partial charge >= 0.3 is 0 Å². The zero-order chi connectivity index (χ0) is 13.4. The number of nitrogens with one attached hydrogen (secondary N) is 1. The minimum atomic E-state index is -0.464. The van der Waals surface area contributed by atoms with Crippen LogP contribution in [0.15, 0.2) is 18.2 Å². The average molecular weight is 260 g/mol. The lowest BCUT2D eigenvalue weighted by molar-refractivity contribution is -0.118. The number of carbonyl (C=O) groups is 1. The van der Waals surface area contributed by atoms with E-state index in [0.717, 1.165) is 23.2 Å². The molecule has 19 heavy (non-hydrogen) atoms. The molecule has 1 saturated carbocycles. The lowest BCUT2D eigenvalue weighted by Gasteiger charge is -2.26. The van der Waals surface area contributed by atoms with E-state index in [0.29, 0.717) is 19.0 Å². The fraction of sp³-hybridized carbons (Fsp3) is 0.533. The van der Waals surface area contributed by atoms with Crippen LogP contribution in [0.4, 0.5) is 5.69 Å². The Kier molecular flexibility index (Phi) is 3.29. The third-order valence-corrected chi connectivity index (χ3v) is 4.01. The molecular weight excluding hydrogens is 240 g/mol. The molecule has 4 nitrogen and oxygen atoms in total. The second kappa shape index (κ2) is 4.94.